The first-order valence-corrected chi connectivity index (χ1v) is 8.78. The van der Waals surface area contributed by atoms with Gasteiger partial charge in [-0.2, -0.15) is 0 Å². The topological polar surface area (TPSA) is 37.3 Å². The summed E-state index contributed by atoms with van der Waals surface area (Å²) >= 11 is 1.79. The van der Waals surface area contributed by atoms with Crippen molar-refractivity contribution in [2.45, 2.75) is 38.4 Å². The summed E-state index contributed by atoms with van der Waals surface area (Å²) in [5.74, 6) is 0.149. The molecule has 3 heterocycles. The van der Waals surface area contributed by atoms with Crippen molar-refractivity contribution in [1.82, 2.24) is 14.8 Å². The van der Waals surface area contributed by atoms with E-state index in [1.807, 2.05) is 0 Å². The first-order chi connectivity index (χ1) is 10.8. The molecule has 0 radical (unpaired) electrons. The monoisotopic (exact) mass is 317 g/mol. The van der Waals surface area contributed by atoms with Crippen molar-refractivity contribution < 1.29 is 4.79 Å². The Bertz CT molecular complexity index is 605. The quantitative estimate of drug-likeness (QED) is 0.920. The molecule has 3 rings (SSSR count). The van der Waals surface area contributed by atoms with Gasteiger partial charge < -0.3 is 9.88 Å². The van der Waals surface area contributed by atoms with Gasteiger partial charge >= 0.3 is 0 Å². The molecule has 0 saturated carbocycles. The normalized spacial score (nSPS) is 19.2. The zero-order chi connectivity index (χ0) is 15.4. The van der Waals surface area contributed by atoms with Crippen LogP contribution in [0.1, 0.15) is 29.8 Å². The van der Waals surface area contributed by atoms with Crippen LogP contribution >= 0.6 is 11.3 Å². The highest BCUT2D eigenvalue weighted by molar-refractivity contribution is 7.09. The lowest BCUT2D eigenvalue weighted by atomic mass is 10.0. The van der Waals surface area contributed by atoms with Gasteiger partial charge in [-0.05, 0) is 43.0 Å². The van der Waals surface area contributed by atoms with E-state index in [2.05, 4.69) is 50.6 Å². The largest absolute Gasteiger partial charge is 0.358 e. The van der Waals surface area contributed by atoms with Crippen molar-refractivity contribution >= 4 is 17.2 Å². The Kier molecular flexibility index (Phi) is 4.95. The number of carbonyl (C=O) groups excluding carboxylic acids is 1. The average Bonchev–Trinajstić information content (AvgIpc) is 3.20. The fraction of sp³-hybridized carbons (Fsp3) is 0.471. The van der Waals surface area contributed by atoms with Gasteiger partial charge in [-0.15, -0.1) is 11.3 Å². The van der Waals surface area contributed by atoms with Gasteiger partial charge in [0.2, 0.25) is 5.91 Å². The van der Waals surface area contributed by atoms with Crippen LogP contribution in [0.2, 0.25) is 0 Å². The average molecular weight is 317 g/mol. The molecule has 0 spiro atoms. The zero-order valence-corrected chi connectivity index (χ0v) is 13.8. The maximum absolute atomic E-state index is 12.1. The van der Waals surface area contributed by atoms with Crippen LogP contribution in [-0.4, -0.2) is 35.0 Å². The van der Waals surface area contributed by atoms with Crippen LogP contribution in [0, 0.1) is 0 Å². The number of likely N-dealkylation sites (N-methyl/N-ethyl adjacent to an activating group) is 1. The lowest BCUT2D eigenvalue weighted by Crippen LogP contribution is -2.48. The van der Waals surface area contributed by atoms with Gasteiger partial charge in [0, 0.05) is 30.4 Å². The summed E-state index contributed by atoms with van der Waals surface area (Å²) in [6.45, 7) is 2.76. The second-order valence-electron chi connectivity index (χ2n) is 5.80. The van der Waals surface area contributed by atoms with Crippen molar-refractivity contribution in [3.63, 3.8) is 0 Å². The Balaban J connectivity index is 1.72. The third-order valence-corrected chi connectivity index (χ3v) is 5.22. The van der Waals surface area contributed by atoms with Gasteiger partial charge in [0.15, 0.2) is 0 Å². The molecule has 1 saturated heterocycles. The fourth-order valence-electron chi connectivity index (χ4n) is 3.17. The van der Waals surface area contributed by atoms with E-state index in [1.165, 1.54) is 17.0 Å². The SMILES string of the molecule is CNC(=O)[C@@H]1CCCCN1Cc1cccn1Cc1cccs1. The molecular formula is C17H23N3OS. The van der Waals surface area contributed by atoms with Gasteiger partial charge in [0.05, 0.1) is 12.6 Å². The summed E-state index contributed by atoms with van der Waals surface area (Å²) in [4.78, 5) is 15.8. The van der Waals surface area contributed by atoms with Crippen LogP contribution < -0.4 is 5.32 Å². The Morgan fingerprint density at radius 3 is 3.00 bits per heavy atom. The van der Waals surface area contributed by atoms with Crippen molar-refractivity contribution in [2.24, 2.45) is 0 Å². The molecule has 1 atom stereocenters. The summed E-state index contributed by atoms with van der Waals surface area (Å²) in [7, 11) is 1.73. The van der Waals surface area contributed by atoms with Crippen molar-refractivity contribution in [3.05, 3.63) is 46.4 Å². The number of hydrogen-bond acceptors (Lipinski definition) is 3. The Morgan fingerprint density at radius 1 is 1.32 bits per heavy atom. The highest BCUT2D eigenvalue weighted by Gasteiger charge is 2.28. The van der Waals surface area contributed by atoms with Crippen molar-refractivity contribution in [2.75, 3.05) is 13.6 Å². The Morgan fingerprint density at radius 2 is 2.23 bits per heavy atom. The number of piperidine rings is 1. The minimum absolute atomic E-state index is 0.0174. The second kappa shape index (κ2) is 7.11. The fourth-order valence-corrected chi connectivity index (χ4v) is 3.87. The Labute approximate surface area is 135 Å². The third-order valence-electron chi connectivity index (χ3n) is 4.36. The van der Waals surface area contributed by atoms with Crippen molar-refractivity contribution in [3.8, 4) is 0 Å². The summed E-state index contributed by atoms with van der Waals surface area (Å²) < 4.78 is 2.29. The molecule has 22 heavy (non-hydrogen) atoms. The highest BCUT2D eigenvalue weighted by Crippen LogP contribution is 2.21. The molecule has 0 aliphatic carbocycles. The number of hydrogen-bond donors (Lipinski definition) is 1. The lowest BCUT2D eigenvalue weighted by Gasteiger charge is -2.34. The lowest BCUT2D eigenvalue weighted by molar-refractivity contribution is -0.127. The standard InChI is InChI=1S/C17H23N3OS/c1-18-17(21)16-8-2-3-9-20(16)12-14-6-4-10-19(14)13-15-7-5-11-22-15/h4-7,10-11,16H,2-3,8-9,12-13H2,1H3,(H,18,21)/t16-/m0/s1. The summed E-state index contributed by atoms with van der Waals surface area (Å²) in [6, 6.07) is 8.55. The molecule has 0 aromatic carbocycles. The van der Waals surface area contributed by atoms with E-state index in [9.17, 15) is 4.79 Å². The van der Waals surface area contributed by atoms with Crippen LogP contribution in [0.3, 0.4) is 0 Å². The van der Waals surface area contributed by atoms with Crippen LogP contribution in [0.25, 0.3) is 0 Å². The van der Waals surface area contributed by atoms with Crippen LogP contribution in [-0.2, 0) is 17.9 Å². The first kappa shape index (κ1) is 15.3. The maximum atomic E-state index is 12.1. The summed E-state index contributed by atoms with van der Waals surface area (Å²) in [5.41, 5.74) is 1.28. The minimum atomic E-state index is 0.0174. The van der Waals surface area contributed by atoms with Gasteiger partial charge in [-0.25, -0.2) is 0 Å². The summed E-state index contributed by atoms with van der Waals surface area (Å²) in [6.07, 6.45) is 5.42. The third kappa shape index (κ3) is 3.42. The van der Waals surface area contributed by atoms with E-state index in [-0.39, 0.29) is 11.9 Å². The number of carbonyl (C=O) groups is 1. The molecule has 2 aromatic heterocycles. The molecule has 1 N–H and O–H groups in total. The number of nitrogens with zero attached hydrogens (tertiary/aromatic N) is 2. The van der Waals surface area contributed by atoms with Crippen LogP contribution in [0.15, 0.2) is 35.8 Å². The van der Waals surface area contributed by atoms with Crippen molar-refractivity contribution in [1.29, 1.82) is 0 Å². The number of aromatic nitrogens is 1. The molecule has 5 heteroatoms. The molecule has 1 amide bonds. The molecule has 1 aliphatic heterocycles. The Hall–Kier alpha value is -1.59. The minimum Gasteiger partial charge on any atom is -0.358 e. The van der Waals surface area contributed by atoms with E-state index in [0.717, 1.165) is 32.5 Å². The number of rotatable bonds is 5. The first-order valence-electron chi connectivity index (χ1n) is 7.90. The van der Waals surface area contributed by atoms with Gasteiger partial charge in [-0.1, -0.05) is 12.5 Å². The van der Waals surface area contributed by atoms with Crippen LogP contribution in [0.5, 0.6) is 0 Å². The second-order valence-corrected chi connectivity index (χ2v) is 6.84. The van der Waals surface area contributed by atoms with E-state index in [1.54, 1.807) is 18.4 Å². The zero-order valence-electron chi connectivity index (χ0n) is 13.0. The van der Waals surface area contributed by atoms with E-state index in [0.29, 0.717) is 0 Å². The molecule has 0 unspecified atom stereocenters. The van der Waals surface area contributed by atoms with Crippen LogP contribution in [0.4, 0.5) is 0 Å². The number of amides is 1. The molecular weight excluding hydrogens is 294 g/mol. The molecule has 1 fully saturated rings. The number of nitrogens with one attached hydrogen (secondary N) is 1. The van der Waals surface area contributed by atoms with Gasteiger partial charge in [-0.3, -0.25) is 9.69 Å². The maximum Gasteiger partial charge on any atom is 0.237 e. The predicted octanol–water partition coefficient (Wildman–Crippen LogP) is 2.70. The smallest absolute Gasteiger partial charge is 0.237 e. The van der Waals surface area contributed by atoms with E-state index >= 15 is 0 Å². The molecule has 118 valence electrons. The van der Waals surface area contributed by atoms with Gasteiger partial charge in [0.25, 0.3) is 0 Å². The highest BCUT2D eigenvalue weighted by atomic mass is 32.1. The number of likely N-dealkylation sites (tertiary alicyclic amines) is 1. The predicted molar refractivity (Wildman–Crippen MR) is 90.0 cm³/mol. The molecule has 4 nitrogen and oxygen atoms in total. The molecule has 1 aliphatic rings. The molecule has 0 bridgehead atoms. The molecule has 2 aromatic rings. The van der Waals surface area contributed by atoms with Gasteiger partial charge in [0.1, 0.15) is 0 Å². The summed E-state index contributed by atoms with van der Waals surface area (Å²) in [5, 5.41) is 4.93. The number of thiophene rings is 1. The van der Waals surface area contributed by atoms with E-state index < -0.39 is 0 Å². The van der Waals surface area contributed by atoms with E-state index in [4.69, 9.17) is 0 Å².